The topological polar surface area (TPSA) is 44.5 Å². The minimum atomic E-state index is 0.520. The second-order valence-electron chi connectivity index (χ2n) is 8.13. The highest BCUT2D eigenvalue weighted by Gasteiger charge is 2.16. The Labute approximate surface area is 209 Å². The normalized spacial score (nSPS) is 11.1. The van der Waals surface area contributed by atoms with Crippen molar-refractivity contribution in [2.75, 3.05) is 21.3 Å². The van der Waals surface area contributed by atoms with Gasteiger partial charge in [0.2, 0.25) is 4.77 Å². The van der Waals surface area contributed by atoms with Crippen molar-refractivity contribution in [3.63, 3.8) is 0 Å². The molecule has 0 spiro atoms. The lowest BCUT2D eigenvalue weighted by atomic mass is 10.2. The second-order valence-corrected chi connectivity index (χ2v) is 8.93. The molecule has 0 aliphatic rings. The van der Waals surface area contributed by atoms with Gasteiger partial charge in [0, 0.05) is 22.8 Å². The predicted molar refractivity (Wildman–Crippen MR) is 139 cm³/mol. The van der Waals surface area contributed by atoms with E-state index in [1.165, 1.54) is 5.56 Å². The maximum atomic E-state index is 6.12. The summed E-state index contributed by atoms with van der Waals surface area (Å²) < 4.78 is 15.3. The van der Waals surface area contributed by atoms with Crippen LogP contribution in [0.2, 0.25) is 5.02 Å². The standard InChI is InChI=1S/C26H27ClN4O2S/c1-18-5-12-22(13-6-18)31-25(20-8-10-21(27)11-9-20)28-30(26(31)34)17-29(2)16-19-7-14-23(32-3)24(15-19)33-4/h5-15H,16-17H2,1-4H3. The summed E-state index contributed by atoms with van der Waals surface area (Å²) in [6.07, 6.45) is 0. The fraction of sp³-hybridized carbons (Fsp3) is 0.231. The van der Waals surface area contributed by atoms with Gasteiger partial charge in [-0.1, -0.05) is 35.4 Å². The van der Waals surface area contributed by atoms with E-state index in [1.54, 1.807) is 14.2 Å². The van der Waals surface area contributed by atoms with Crippen LogP contribution in [0.3, 0.4) is 0 Å². The number of ether oxygens (including phenoxy) is 2. The summed E-state index contributed by atoms with van der Waals surface area (Å²) in [6.45, 7) is 3.28. The zero-order valence-electron chi connectivity index (χ0n) is 19.7. The molecule has 4 rings (SSSR count). The number of nitrogens with zero attached hydrogens (tertiary/aromatic N) is 4. The van der Waals surface area contributed by atoms with E-state index in [0.29, 0.717) is 34.5 Å². The fourth-order valence-electron chi connectivity index (χ4n) is 3.78. The lowest BCUT2D eigenvalue weighted by Gasteiger charge is -2.17. The Bertz CT molecular complexity index is 1330. The second kappa shape index (κ2) is 10.4. The van der Waals surface area contributed by atoms with Crippen LogP contribution in [0.5, 0.6) is 11.5 Å². The van der Waals surface area contributed by atoms with E-state index in [0.717, 1.165) is 22.6 Å². The number of aromatic nitrogens is 3. The number of rotatable bonds is 8. The highest BCUT2D eigenvalue weighted by molar-refractivity contribution is 7.71. The molecule has 176 valence electrons. The van der Waals surface area contributed by atoms with E-state index < -0.39 is 0 Å². The molecule has 0 saturated carbocycles. The first kappa shape index (κ1) is 24.0. The number of aryl methyl sites for hydroxylation is 1. The number of benzene rings is 3. The Hall–Kier alpha value is -3.13. The SMILES string of the molecule is COc1ccc(CN(C)Cn2nc(-c3ccc(Cl)cc3)n(-c3ccc(C)cc3)c2=S)cc1OC. The van der Waals surface area contributed by atoms with Crippen LogP contribution in [0.1, 0.15) is 11.1 Å². The molecule has 0 unspecified atom stereocenters. The molecule has 1 heterocycles. The minimum Gasteiger partial charge on any atom is -0.493 e. The third-order valence-corrected chi connectivity index (χ3v) is 6.16. The van der Waals surface area contributed by atoms with Crippen molar-refractivity contribution < 1.29 is 9.47 Å². The van der Waals surface area contributed by atoms with Crippen molar-refractivity contribution in [2.45, 2.75) is 20.1 Å². The molecule has 0 aliphatic carbocycles. The third kappa shape index (κ3) is 5.17. The van der Waals surface area contributed by atoms with Gasteiger partial charge in [-0.3, -0.25) is 9.47 Å². The van der Waals surface area contributed by atoms with Gasteiger partial charge < -0.3 is 9.47 Å². The van der Waals surface area contributed by atoms with Crippen LogP contribution in [0, 0.1) is 11.7 Å². The quantitative estimate of drug-likeness (QED) is 0.275. The third-order valence-electron chi connectivity index (χ3n) is 5.51. The molecule has 34 heavy (non-hydrogen) atoms. The summed E-state index contributed by atoms with van der Waals surface area (Å²) in [5, 5.41) is 5.58. The maximum absolute atomic E-state index is 6.12. The van der Waals surface area contributed by atoms with Crippen LogP contribution < -0.4 is 9.47 Å². The van der Waals surface area contributed by atoms with Crippen molar-refractivity contribution in [2.24, 2.45) is 0 Å². The van der Waals surface area contributed by atoms with E-state index in [1.807, 2.05) is 58.8 Å². The maximum Gasteiger partial charge on any atom is 0.204 e. The molecule has 0 radical (unpaired) electrons. The van der Waals surface area contributed by atoms with Crippen LogP contribution in [0.25, 0.3) is 17.1 Å². The number of hydrogen-bond acceptors (Lipinski definition) is 5. The van der Waals surface area contributed by atoms with Gasteiger partial charge in [-0.15, -0.1) is 5.10 Å². The van der Waals surface area contributed by atoms with Gasteiger partial charge in [-0.25, -0.2) is 4.68 Å². The van der Waals surface area contributed by atoms with Crippen molar-refractivity contribution >= 4 is 23.8 Å². The summed E-state index contributed by atoms with van der Waals surface area (Å²) >= 11 is 12.0. The molecule has 4 aromatic rings. The highest BCUT2D eigenvalue weighted by Crippen LogP contribution is 2.28. The van der Waals surface area contributed by atoms with Gasteiger partial charge in [-0.05, 0) is 80.3 Å². The largest absolute Gasteiger partial charge is 0.493 e. The minimum absolute atomic E-state index is 0.520. The molecule has 0 saturated heterocycles. The van der Waals surface area contributed by atoms with Crippen molar-refractivity contribution in [3.05, 3.63) is 87.7 Å². The average molecular weight is 495 g/mol. The summed E-state index contributed by atoms with van der Waals surface area (Å²) in [4.78, 5) is 2.15. The molecule has 8 heteroatoms. The van der Waals surface area contributed by atoms with E-state index >= 15 is 0 Å². The van der Waals surface area contributed by atoms with Crippen LogP contribution in [-0.4, -0.2) is 40.5 Å². The lowest BCUT2D eigenvalue weighted by molar-refractivity contribution is 0.243. The van der Waals surface area contributed by atoms with Crippen molar-refractivity contribution in [3.8, 4) is 28.6 Å². The Morgan fingerprint density at radius 1 is 0.941 bits per heavy atom. The summed E-state index contributed by atoms with van der Waals surface area (Å²) in [5.41, 5.74) is 4.19. The monoisotopic (exact) mass is 494 g/mol. The molecule has 6 nitrogen and oxygen atoms in total. The zero-order chi connectivity index (χ0) is 24.2. The van der Waals surface area contributed by atoms with Crippen LogP contribution in [-0.2, 0) is 13.2 Å². The first-order chi connectivity index (χ1) is 16.4. The summed E-state index contributed by atoms with van der Waals surface area (Å²) in [5.74, 6) is 2.18. The molecule has 0 fully saturated rings. The lowest BCUT2D eigenvalue weighted by Crippen LogP contribution is -2.22. The van der Waals surface area contributed by atoms with Gasteiger partial charge >= 0.3 is 0 Å². The first-order valence-corrected chi connectivity index (χ1v) is 11.6. The van der Waals surface area contributed by atoms with Crippen LogP contribution >= 0.6 is 23.8 Å². The molecule has 0 atom stereocenters. The number of hydrogen-bond donors (Lipinski definition) is 0. The average Bonchev–Trinajstić information content (AvgIpc) is 3.15. The van der Waals surface area contributed by atoms with E-state index in [-0.39, 0.29) is 0 Å². The molecule has 1 aromatic heterocycles. The molecule has 0 amide bonds. The Kier molecular flexibility index (Phi) is 7.36. The Morgan fingerprint density at radius 2 is 1.62 bits per heavy atom. The van der Waals surface area contributed by atoms with E-state index in [2.05, 4.69) is 36.1 Å². The Morgan fingerprint density at radius 3 is 2.26 bits per heavy atom. The van der Waals surface area contributed by atoms with Crippen LogP contribution in [0.15, 0.2) is 66.7 Å². The molecule has 0 N–H and O–H groups in total. The van der Waals surface area contributed by atoms with E-state index in [9.17, 15) is 0 Å². The summed E-state index contributed by atoms with van der Waals surface area (Å²) in [7, 11) is 5.31. The van der Waals surface area contributed by atoms with Crippen molar-refractivity contribution in [1.29, 1.82) is 0 Å². The molecular formula is C26H27ClN4O2S. The predicted octanol–water partition coefficient (Wildman–Crippen LogP) is 6.14. The fourth-order valence-corrected chi connectivity index (χ4v) is 4.20. The Balaban J connectivity index is 1.67. The number of halogens is 1. The van der Waals surface area contributed by atoms with Gasteiger partial charge in [0.1, 0.15) is 0 Å². The molecular weight excluding hydrogens is 468 g/mol. The first-order valence-electron chi connectivity index (χ1n) is 10.8. The molecule has 0 aliphatic heterocycles. The number of methoxy groups -OCH3 is 2. The molecule has 3 aromatic carbocycles. The van der Waals surface area contributed by atoms with Gasteiger partial charge in [0.25, 0.3) is 0 Å². The van der Waals surface area contributed by atoms with Gasteiger partial charge in [0.15, 0.2) is 17.3 Å². The van der Waals surface area contributed by atoms with E-state index in [4.69, 9.17) is 38.4 Å². The zero-order valence-corrected chi connectivity index (χ0v) is 21.2. The highest BCUT2D eigenvalue weighted by atomic mass is 35.5. The smallest absolute Gasteiger partial charge is 0.204 e. The van der Waals surface area contributed by atoms with Gasteiger partial charge in [-0.2, -0.15) is 0 Å². The van der Waals surface area contributed by atoms with Gasteiger partial charge in [0.05, 0.1) is 20.9 Å². The van der Waals surface area contributed by atoms with Crippen molar-refractivity contribution in [1.82, 2.24) is 19.2 Å². The summed E-state index contributed by atoms with van der Waals surface area (Å²) in [6, 6.07) is 21.8. The molecule has 0 bridgehead atoms. The van der Waals surface area contributed by atoms with Crippen LogP contribution in [0.4, 0.5) is 0 Å².